The van der Waals surface area contributed by atoms with Crippen LogP contribution in [0.5, 0.6) is 0 Å². The van der Waals surface area contributed by atoms with Crippen molar-refractivity contribution in [1.82, 2.24) is 5.32 Å². The van der Waals surface area contributed by atoms with Gasteiger partial charge in [-0.15, -0.1) is 11.6 Å². The van der Waals surface area contributed by atoms with Gasteiger partial charge in [0, 0.05) is 42.1 Å². The molecule has 2 rings (SSSR count). The maximum atomic E-state index is 10.2. The van der Waals surface area contributed by atoms with Gasteiger partial charge >= 0.3 is 0 Å². The van der Waals surface area contributed by atoms with Crippen LogP contribution in [0.3, 0.4) is 0 Å². The molecule has 1 aromatic carbocycles. The van der Waals surface area contributed by atoms with Gasteiger partial charge in [0.25, 0.3) is 0 Å². The lowest BCUT2D eigenvalue weighted by Gasteiger charge is -2.29. The molecule has 5 heteroatoms. The van der Waals surface area contributed by atoms with Crippen molar-refractivity contribution in [1.29, 1.82) is 0 Å². The topological polar surface area (TPSA) is 35.5 Å². The van der Waals surface area contributed by atoms with Crippen molar-refractivity contribution >= 4 is 33.2 Å². The number of nitrogens with zero attached hydrogens (tertiary/aromatic N) is 1. The van der Waals surface area contributed by atoms with E-state index in [0.717, 1.165) is 31.7 Å². The largest absolute Gasteiger partial charge is 0.388 e. The number of halogens is 2. The lowest BCUT2D eigenvalue weighted by Crippen LogP contribution is -2.43. The Morgan fingerprint density at radius 2 is 1.90 bits per heavy atom. The molecular formula is C15H22BrClN2O. The predicted octanol–water partition coefficient (Wildman–Crippen LogP) is 2.91. The number of piperazine rings is 1. The first kappa shape index (κ1) is 16.1. The average molecular weight is 362 g/mol. The van der Waals surface area contributed by atoms with Gasteiger partial charge in [0.2, 0.25) is 0 Å². The molecule has 1 saturated heterocycles. The van der Waals surface area contributed by atoms with Crippen LogP contribution < -0.4 is 10.2 Å². The minimum absolute atomic E-state index is 0.00442. The van der Waals surface area contributed by atoms with E-state index in [1.54, 1.807) is 0 Å². The van der Waals surface area contributed by atoms with E-state index in [2.05, 4.69) is 38.3 Å². The van der Waals surface area contributed by atoms with Crippen molar-refractivity contribution in [3.8, 4) is 0 Å². The molecule has 0 saturated carbocycles. The number of hydrogen-bond donors (Lipinski definition) is 2. The number of aliphatic hydroxyl groups is 1. The molecule has 0 radical (unpaired) electrons. The van der Waals surface area contributed by atoms with Crippen LogP contribution in [0.2, 0.25) is 0 Å². The second kappa shape index (κ2) is 7.64. The van der Waals surface area contributed by atoms with Gasteiger partial charge in [0.1, 0.15) is 0 Å². The van der Waals surface area contributed by atoms with Crippen LogP contribution in [-0.2, 0) is 0 Å². The third-order valence-corrected chi connectivity index (χ3v) is 5.48. The van der Waals surface area contributed by atoms with E-state index in [1.807, 2.05) is 19.1 Å². The summed E-state index contributed by atoms with van der Waals surface area (Å²) in [6.45, 7) is 6.07. The van der Waals surface area contributed by atoms with E-state index >= 15 is 0 Å². The summed E-state index contributed by atoms with van der Waals surface area (Å²) < 4.78 is 0. The minimum Gasteiger partial charge on any atom is -0.388 e. The number of hydrogen-bond acceptors (Lipinski definition) is 3. The SMILES string of the molecule is CC(Cl)C(Br)CC(O)c1ccc(N2CCNCC2)cc1. The van der Waals surface area contributed by atoms with Crippen molar-refractivity contribution in [2.75, 3.05) is 31.1 Å². The maximum Gasteiger partial charge on any atom is 0.0801 e. The number of benzene rings is 1. The fourth-order valence-corrected chi connectivity index (χ4v) is 2.82. The lowest BCUT2D eigenvalue weighted by atomic mass is 10.0. The van der Waals surface area contributed by atoms with Crippen molar-refractivity contribution in [2.24, 2.45) is 0 Å². The quantitative estimate of drug-likeness (QED) is 0.792. The third-order valence-electron chi connectivity index (χ3n) is 3.71. The maximum absolute atomic E-state index is 10.2. The van der Waals surface area contributed by atoms with E-state index in [0.29, 0.717) is 6.42 Å². The van der Waals surface area contributed by atoms with Crippen LogP contribution in [0.1, 0.15) is 25.0 Å². The first-order valence-electron chi connectivity index (χ1n) is 7.10. The molecule has 0 aromatic heterocycles. The third kappa shape index (κ3) is 4.35. The zero-order valence-electron chi connectivity index (χ0n) is 11.7. The van der Waals surface area contributed by atoms with Gasteiger partial charge in [-0.25, -0.2) is 0 Å². The summed E-state index contributed by atoms with van der Waals surface area (Å²) in [4.78, 5) is 2.48. The van der Waals surface area contributed by atoms with Crippen LogP contribution in [0.4, 0.5) is 5.69 Å². The highest BCUT2D eigenvalue weighted by atomic mass is 79.9. The molecule has 20 heavy (non-hydrogen) atoms. The molecule has 0 amide bonds. The smallest absolute Gasteiger partial charge is 0.0801 e. The summed E-state index contributed by atoms with van der Waals surface area (Å²) >= 11 is 9.53. The second-order valence-electron chi connectivity index (χ2n) is 5.27. The lowest BCUT2D eigenvalue weighted by molar-refractivity contribution is 0.167. The molecule has 0 aliphatic carbocycles. The number of nitrogens with one attached hydrogen (secondary N) is 1. The number of aliphatic hydroxyl groups excluding tert-OH is 1. The van der Waals surface area contributed by atoms with E-state index in [1.165, 1.54) is 5.69 Å². The molecule has 0 bridgehead atoms. The van der Waals surface area contributed by atoms with E-state index < -0.39 is 6.10 Å². The van der Waals surface area contributed by atoms with Crippen molar-refractivity contribution in [2.45, 2.75) is 29.7 Å². The summed E-state index contributed by atoms with van der Waals surface area (Å²) in [6.07, 6.45) is 0.148. The van der Waals surface area contributed by atoms with Gasteiger partial charge in [-0.1, -0.05) is 28.1 Å². The Balaban J connectivity index is 1.96. The Bertz CT molecular complexity index is 407. The van der Waals surface area contributed by atoms with Crippen LogP contribution in [0, 0.1) is 0 Å². The first-order chi connectivity index (χ1) is 9.58. The molecule has 112 valence electrons. The highest BCUT2D eigenvalue weighted by Gasteiger charge is 2.18. The molecule has 0 spiro atoms. The Morgan fingerprint density at radius 1 is 1.30 bits per heavy atom. The molecule has 1 fully saturated rings. The van der Waals surface area contributed by atoms with Crippen LogP contribution >= 0.6 is 27.5 Å². The summed E-state index contributed by atoms with van der Waals surface area (Å²) in [5, 5.41) is 13.6. The molecular weight excluding hydrogens is 340 g/mol. The Morgan fingerprint density at radius 3 is 2.45 bits per heavy atom. The van der Waals surface area contributed by atoms with Gasteiger partial charge in [-0.2, -0.15) is 0 Å². The summed E-state index contributed by atoms with van der Waals surface area (Å²) in [6, 6.07) is 8.22. The van der Waals surface area contributed by atoms with E-state index in [9.17, 15) is 5.11 Å². The number of anilines is 1. The molecule has 1 heterocycles. The molecule has 3 atom stereocenters. The van der Waals surface area contributed by atoms with Crippen LogP contribution in [-0.4, -0.2) is 41.5 Å². The standard InChI is InChI=1S/C15H22BrClN2O/c1-11(17)14(16)10-15(20)12-2-4-13(5-3-12)19-8-6-18-7-9-19/h2-5,11,14-15,18,20H,6-10H2,1H3. The molecule has 1 aliphatic rings. The van der Waals surface area contributed by atoms with Crippen molar-refractivity contribution in [3.63, 3.8) is 0 Å². The first-order valence-corrected chi connectivity index (χ1v) is 8.45. The summed E-state index contributed by atoms with van der Waals surface area (Å²) in [7, 11) is 0. The fraction of sp³-hybridized carbons (Fsp3) is 0.600. The molecule has 3 nitrogen and oxygen atoms in total. The van der Waals surface area contributed by atoms with E-state index in [4.69, 9.17) is 11.6 Å². The average Bonchev–Trinajstić information content (AvgIpc) is 2.48. The molecule has 2 N–H and O–H groups in total. The van der Waals surface area contributed by atoms with Gasteiger partial charge in [0.15, 0.2) is 0 Å². The van der Waals surface area contributed by atoms with E-state index in [-0.39, 0.29) is 10.2 Å². The predicted molar refractivity (Wildman–Crippen MR) is 89.1 cm³/mol. The molecule has 3 unspecified atom stereocenters. The monoisotopic (exact) mass is 360 g/mol. The Hall–Kier alpha value is -0.290. The van der Waals surface area contributed by atoms with Crippen molar-refractivity contribution < 1.29 is 5.11 Å². The van der Waals surface area contributed by atoms with Crippen molar-refractivity contribution in [3.05, 3.63) is 29.8 Å². The van der Waals surface area contributed by atoms with Gasteiger partial charge in [0.05, 0.1) is 6.10 Å². The van der Waals surface area contributed by atoms with Gasteiger partial charge in [-0.05, 0) is 31.0 Å². The van der Waals surface area contributed by atoms with Crippen LogP contribution in [0.15, 0.2) is 24.3 Å². The van der Waals surface area contributed by atoms with Gasteiger partial charge in [-0.3, -0.25) is 0 Å². The fourth-order valence-electron chi connectivity index (χ4n) is 2.37. The summed E-state index contributed by atoms with van der Waals surface area (Å²) in [5.74, 6) is 0. The molecule has 1 aromatic rings. The summed E-state index contributed by atoms with van der Waals surface area (Å²) in [5.41, 5.74) is 2.18. The zero-order valence-corrected chi connectivity index (χ0v) is 14.1. The van der Waals surface area contributed by atoms with Crippen LogP contribution in [0.25, 0.3) is 0 Å². The minimum atomic E-state index is -0.474. The Labute approximate surface area is 134 Å². The second-order valence-corrected chi connectivity index (χ2v) is 7.14. The number of rotatable bonds is 5. The van der Waals surface area contributed by atoms with Gasteiger partial charge < -0.3 is 15.3 Å². The normalized spacial score (nSPS) is 20.5. The zero-order chi connectivity index (χ0) is 14.5. The molecule has 1 aliphatic heterocycles. The Kier molecular flexibility index (Phi) is 6.15. The number of alkyl halides is 2. The highest BCUT2D eigenvalue weighted by Crippen LogP contribution is 2.27. The highest BCUT2D eigenvalue weighted by molar-refractivity contribution is 9.09.